The fraction of sp³-hybridized carbons (Fsp3) is 0. The van der Waals surface area contributed by atoms with Crippen molar-refractivity contribution < 1.29 is 0 Å². The lowest BCUT2D eigenvalue weighted by molar-refractivity contribution is 1.29. The van der Waals surface area contributed by atoms with Crippen molar-refractivity contribution in [2.24, 2.45) is 0 Å². The van der Waals surface area contributed by atoms with Crippen LogP contribution in [0.25, 0.3) is 10.9 Å². The second-order valence-corrected chi connectivity index (χ2v) is 5.28. The van der Waals surface area contributed by atoms with Gasteiger partial charge in [-0.15, -0.1) is 0 Å². The first-order chi connectivity index (χ1) is 9.24. The van der Waals surface area contributed by atoms with Crippen molar-refractivity contribution in [1.82, 2.24) is 9.97 Å². The molecule has 0 spiro atoms. The third-order valence-corrected chi connectivity index (χ3v) is 3.52. The predicted octanol–water partition coefficient (Wildman–Crippen LogP) is 4.79. The first-order valence-electron chi connectivity index (χ1n) is 5.66. The molecule has 0 fully saturated rings. The summed E-state index contributed by atoms with van der Waals surface area (Å²) < 4.78 is 0.820. The van der Waals surface area contributed by atoms with Crippen LogP contribution in [-0.4, -0.2) is 9.97 Å². The van der Waals surface area contributed by atoms with Crippen LogP contribution in [0.4, 0.5) is 11.5 Å². The smallest absolute Gasteiger partial charge is 0.144 e. The van der Waals surface area contributed by atoms with Crippen LogP contribution in [0.5, 0.6) is 0 Å². The van der Waals surface area contributed by atoms with Gasteiger partial charge in [0, 0.05) is 23.5 Å². The number of hydrogen-bond acceptors (Lipinski definition) is 3. The third kappa shape index (κ3) is 2.55. The molecule has 3 nitrogen and oxygen atoms in total. The molecule has 1 N–H and O–H groups in total. The standard InChI is InChI=1S/C14H9BrClN3/c15-11-7-9(16)8-18-14(11)19-13-5-1-4-12-10(13)3-2-6-17-12/h1-8H,(H,18,19). The minimum atomic E-state index is 0.594. The summed E-state index contributed by atoms with van der Waals surface area (Å²) in [6.07, 6.45) is 3.39. The van der Waals surface area contributed by atoms with Gasteiger partial charge >= 0.3 is 0 Å². The maximum absolute atomic E-state index is 5.88. The van der Waals surface area contributed by atoms with Gasteiger partial charge in [-0.3, -0.25) is 4.98 Å². The lowest BCUT2D eigenvalue weighted by Gasteiger charge is -2.10. The summed E-state index contributed by atoms with van der Waals surface area (Å²) in [7, 11) is 0. The number of aromatic nitrogens is 2. The molecule has 0 unspecified atom stereocenters. The van der Waals surface area contributed by atoms with E-state index in [2.05, 4.69) is 31.2 Å². The molecule has 0 saturated heterocycles. The van der Waals surface area contributed by atoms with E-state index < -0.39 is 0 Å². The first kappa shape index (κ1) is 12.4. The van der Waals surface area contributed by atoms with Crippen LogP contribution >= 0.6 is 27.5 Å². The van der Waals surface area contributed by atoms with Crippen LogP contribution in [0.2, 0.25) is 5.02 Å². The molecule has 94 valence electrons. The number of rotatable bonds is 2. The summed E-state index contributed by atoms with van der Waals surface area (Å²) in [5, 5.41) is 4.93. The second kappa shape index (κ2) is 5.15. The van der Waals surface area contributed by atoms with Crippen LogP contribution in [0.1, 0.15) is 0 Å². The first-order valence-corrected chi connectivity index (χ1v) is 6.83. The molecule has 0 saturated carbocycles. The largest absolute Gasteiger partial charge is 0.339 e. The maximum atomic E-state index is 5.88. The molecule has 1 aromatic carbocycles. The Morgan fingerprint density at radius 3 is 2.84 bits per heavy atom. The molecule has 0 bridgehead atoms. The molecule has 0 aliphatic rings. The van der Waals surface area contributed by atoms with E-state index in [1.54, 1.807) is 18.5 Å². The second-order valence-electron chi connectivity index (χ2n) is 3.98. The number of fused-ring (bicyclic) bond motifs is 1. The van der Waals surface area contributed by atoms with E-state index in [9.17, 15) is 0 Å². The van der Waals surface area contributed by atoms with Gasteiger partial charge in [0.25, 0.3) is 0 Å². The monoisotopic (exact) mass is 333 g/mol. The molecule has 5 heteroatoms. The lowest BCUT2D eigenvalue weighted by Crippen LogP contribution is -1.95. The average Bonchev–Trinajstić information content (AvgIpc) is 2.42. The summed E-state index contributed by atoms with van der Waals surface area (Å²) >= 11 is 9.33. The van der Waals surface area contributed by atoms with Crippen LogP contribution in [0.3, 0.4) is 0 Å². The van der Waals surface area contributed by atoms with Gasteiger partial charge in [0.15, 0.2) is 0 Å². The van der Waals surface area contributed by atoms with Gasteiger partial charge in [0.05, 0.1) is 15.0 Å². The fourth-order valence-electron chi connectivity index (χ4n) is 1.85. The summed E-state index contributed by atoms with van der Waals surface area (Å²) in [6, 6.07) is 11.7. The highest BCUT2D eigenvalue weighted by Gasteiger charge is 2.06. The SMILES string of the molecule is Clc1cnc(Nc2cccc3ncccc23)c(Br)c1. The van der Waals surface area contributed by atoms with Gasteiger partial charge in [-0.1, -0.05) is 17.7 Å². The average molecular weight is 335 g/mol. The van der Waals surface area contributed by atoms with E-state index in [1.165, 1.54) is 0 Å². The van der Waals surface area contributed by atoms with E-state index in [0.29, 0.717) is 5.02 Å². The molecule has 0 aliphatic heterocycles. The molecule has 3 aromatic rings. The number of benzene rings is 1. The summed E-state index contributed by atoms with van der Waals surface area (Å²) in [5.41, 5.74) is 1.90. The van der Waals surface area contributed by atoms with Crippen LogP contribution in [0, 0.1) is 0 Å². The summed E-state index contributed by atoms with van der Waals surface area (Å²) in [5.74, 6) is 0.723. The van der Waals surface area contributed by atoms with Crippen molar-refractivity contribution in [1.29, 1.82) is 0 Å². The van der Waals surface area contributed by atoms with E-state index >= 15 is 0 Å². The Morgan fingerprint density at radius 2 is 2.00 bits per heavy atom. The van der Waals surface area contributed by atoms with Gasteiger partial charge in [-0.2, -0.15) is 0 Å². The zero-order chi connectivity index (χ0) is 13.2. The van der Waals surface area contributed by atoms with Crippen LogP contribution in [-0.2, 0) is 0 Å². The number of halogens is 2. The molecule has 19 heavy (non-hydrogen) atoms. The predicted molar refractivity (Wildman–Crippen MR) is 82.0 cm³/mol. The molecule has 0 aliphatic carbocycles. The minimum Gasteiger partial charge on any atom is -0.339 e. The van der Waals surface area contributed by atoms with Crippen molar-refractivity contribution in [2.45, 2.75) is 0 Å². The van der Waals surface area contributed by atoms with Gasteiger partial charge in [-0.05, 0) is 46.3 Å². The van der Waals surface area contributed by atoms with Crippen molar-refractivity contribution in [3.05, 3.63) is 58.3 Å². The molecule has 2 aromatic heterocycles. The molecule has 3 rings (SSSR count). The Labute approximate surface area is 123 Å². The van der Waals surface area contributed by atoms with Crippen LogP contribution < -0.4 is 5.32 Å². The Kier molecular flexibility index (Phi) is 3.36. The molecule has 0 amide bonds. The number of nitrogens with one attached hydrogen (secondary N) is 1. The number of hydrogen-bond donors (Lipinski definition) is 1. The van der Waals surface area contributed by atoms with Crippen molar-refractivity contribution in [2.75, 3.05) is 5.32 Å². The summed E-state index contributed by atoms with van der Waals surface area (Å²) in [4.78, 5) is 8.60. The molecule has 2 heterocycles. The highest BCUT2D eigenvalue weighted by Crippen LogP contribution is 2.29. The van der Waals surface area contributed by atoms with E-state index in [1.807, 2.05) is 30.3 Å². The normalized spacial score (nSPS) is 10.6. The number of anilines is 2. The zero-order valence-electron chi connectivity index (χ0n) is 9.77. The van der Waals surface area contributed by atoms with E-state index in [-0.39, 0.29) is 0 Å². The number of nitrogens with zero attached hydrogens (tertiary/aromatic N) is 2. The van der Waals surface area contributed by atoms with Crippen LogP contribution in [0.15, 0.2) is 53.3 Å². The van der Waals surface area contributed by atoms with Crippen molar-refractivity contribution in [3.8, 4) is 0 Å². The molecular weight excluding hydrogens is 326 g/mol. The lowest BCUT2D eigenvalue weighted by atomic mass is 10.2. The molecule has 0 radical (unpaired) electrons. The van der Waals surface area contributed by atoms with Gasteiger partial charge in [0.1, 0.15) is 5.82 Å². The maximum Gasteiger partial charge on any atom is 0.144 e. The quantitative estimate of drug-likeness (QED) is 0.732. The highest BCUT2D eigenvalue weighted by atomic mass is 79.9. The Bertz CT molecular complexity index is 740. The van der Waals surface area contributed by atoms with Gasteiger partial charge in [-0.25, -0.2) is 4.98 Å². The minimum absolute atomic E-state index is 0.594. The zero-order valence-corrected chi connectivity index (χ0v) is 12.1. The van der Waals surface area contributed by atoms with E-state index in [4.69, 9.17) is 11.6 Å². The third-order valence-electron chi connectivity index (χ3n) is 2.71. The van der Waals surface area contributed by atoms with Gasteiger partial charge < -0.3 is 5.32 Å². The Morgan fingerprint density at radius 1 is 1.11 bits per heavy atom. The van der Waals surface area contributed by atoms with Crippen molar-refractivity contribution >= 4 is 49.9 Å². The Balaban J connectivity index is 2.06. The van der Waals surface area contributed by atoms with Crippen molar-refractivity contribution in [3.63, 3.8) is 0 Å². The van der Waals surface area contributed by atoms with E-state index in [0.717, 1.165) is 26.9 Å². The summed E-state index contributed by atoms with van der Waals surface area (Å²) in [6.45, 7) is 0. The van der Waals surface area contributed by atoms with Gasteiger partial charge in [0.2, 0.25) is 0 Å². The topological polar surface area (TPSA) is 37.8 Å². The fourth-order valence-corrected chi connectivity index (χ4v) is 2.58. The number of pyridine rings is 2. The Hall–Kier alpha value is -1.65. The molecular formula is C14H9BrClN3. The highest BCUT2D eigenvalue weighted by molar-refractivity contribution is 9.10. The molecule has 0 atom stereocenters.